The molecule has 3 nitrogen and oxygen atoms in total. The molecule has 4 heteroatoms. The first-order chi connectivity index (χ1) is 11.7. The van der Waals surface area contributed by atoms with E-state index in [1.54, 1.807) is 0 Å². The Kier molecular flexibility index (Phi) is 5.35. The molecule has 0 unspecified atom stereocenters. The second-order valence-corrected chi connectivity index (χ2v) is 6.75. The molecule has 0 bridgehead atoms. The zero-order valence-electron chi connectivity index (χ0n) is 13.4. The summed E-state index contributed by atoms with van der Waals surface area (Å²) < 4.78 is 6.79. The molecule has 1 amide bonds. The monoisotopic (exact) mass is 431 g/mol. The van der Waals surface area contributed by atoms with E-state index in [4.69, 9.17) is 4.74 Å². The molecule has 0 aliphatic heterocycles. The minimum atomic E-state index is -0.154. The fourth-order valence-electron chi connectivity index (χ4n) is 2.57. The van der Waals surface area contributed by atoms with Crippen LogP contribution in [0.5, 0.6) is 5.75 Å². The third kappa shape index (κ3) is 4.06. The van der Waals surface area contributed by atoms with Crippen LogP contribution in [-0.4, -0.2) is 12.5 Å². The van der Waals surface area contributed by atoms with Crippen molar-refractivity contribution in [1.29, 1.82) is 0 Å². The Labute approximate surface area is 155 Å². The van der Waals surface area contributed by atoms with Crippen molar-refractivity contribution in [3.8, 4) is 5.75 Å². The van der Waals surface area contributed by atoms with Crippen LogP contribution in [0.3, 0.4) is 0 Å². The van der Waals surface area contributed by atoms with Crippen molar-refractivity contribution in [3.05, 3.63) is 69.8 Å². The lowest BCUT2D eigenvalue weighted by Crippen LogP contribution is -2.20. The van der Waals surface area contributed by atoms with Crippen molar-refractivity contribution in [2.45, 2.75) is 13.3 Å². The number of halogens is 1. The fraction of sp³-hybridized carbons (Fsp3) is 0.150. The van der Waals surface area contributed by atoms with Gasteiger partial charge in [-0.3, -0.25) is 4.79 Å². The summed E-state index contributed by atoms with van der Waals surface area (Å²) >= 11 is 2.27. The molecule has 0 saturated carbocycles. The number of carbonyl (C=O) groups excluding carboxylic acids is 1. The molecule has 0 aliphatic rings. The summed E-state index contributed by atoms with van der Waals surface area (Å²) in [7, 11) is 0. The van der Waals surface area contributed by atoms with Crippen molar-refractivity contribution in [2.24, 2.45) is 0 Å². The number of anilines is 1. The number of hydrogen-bond donors (Lipinski definition) is 1. The van der Waals surface area contributed by atoms with Crippen LogP contribution in [0, 0.1) is 3.57 Å². The maximum absolute atomic E-state index is 12.2. The first-order valence-corrected chi connectivity index (χ1v) is 8.93. The van der Waals surface area contributed by atoms with Crippen LogP contribution in [0.2, 0.25) is 0 Å². The molecule has 3 aromatic carbocycles. The average molecular weight is 431 g/mol. The van der Waals surface area contributed by atoms with Gasteiger partial charge < -0.3 is 10.1 Å². The Morgan fingerprint density at radius 2 is 1.83 bits per heavy atom. The zero-order valence-corrected chi connectivity index (χ0v) is 15.5. The Morgan fingerprint density at radius 3 is 2.62 bits per heavy atom. The first kappa shape index (κ1) is 16.8. The van der Waals surface area contributed by atoms with E-state index in [0.717, 1.165) is 32.0 Å². The summed E-state index contributed by atoms with van der Waals surface area (Å²) in [6.07, 6.45) is 0.873. The standard InChI is InChI=1S/C20H18INO2/c1-2-14-11-17(21)8-10-19(14)22-20(23)13-24-18-9-7-15-5-3-4-6-16(15)12-18/h3-12H,2,13H2,1H3,(H,22,23). The summed E-state index contributed by atoms with van der Waals surface area (Å²) in [5.74, 6) is 0.543. The lowest BCUT2D eigenvalue weighted by Gasteiger charge is -2.11. The minimum absolute atomic E-state index is 0.00647. The van der Waals surface area contributed by atoms with Crippen LogP contribution in [0.1, 0.15) is 12.5 Å². The topological polar surface area (TPSA) is 38.3 Å². The van der Waals surface area contributed by atoms with E-state index >= 15 is 0 Å². The number of ether oxygens (including phenoxy) is 1. The number of amides is 1. The van der Waals surface area contributed by atoms with E-state index in [1.165, 1.54) is 0 Å². The molecule has 0 saturated heterocycles. The highest BCUT2D eigenvalue weighted by molar-refractivity contribution is 14.1. The molecular weight excluding hydrogens is 413 g/mol. The number of carbonyl (C=O) groups is 1. The van der Waals surface area contributed by atoms with Gasteiger partial charge in [-0.15, -0.1) is 0 Å². The molecule has 0 fully saturated rings. The molecule has 1 N–H and O–H groups in total. The van der Waals surface area contributed by atoms with Gasteiger partial charge >= 0.3 is 0 Å². The summed E-state index contributed by atoms with van der Waals surface area (Å²) in [4.78, 5) is 12.2. The molecule has 0 aliphatic carbocycles. The lowest BCUT2D eigenvalue weighted by molar-refractivity contribution is -0.118. The molecule has 0 atom stereocenters. The van der Waals surface area contributed by atoms with Gasteiger partial charge in [0.15, 0.2) is 6.61 Å². The second kappa shape index (κ2) is 7.66. The van der Waals surface area contributed by atoms with E-state index in [2.05, 4.69) is 47.0 Å². The maximum Gasteiger partial charge on any atom is 0.262 e. The van der Waals surface area contributed by atoms with Gasteiger partial charge in [-0.25, -0.2) is 0 Å². The van der Waals surface area contributed by atoms with E-state index < -0.39 is 0 Å². The SMILES string of the molecule is CCc1cc(I)ccc1NC(=O)COc1ccc2ccccc2c1. The molecule has 0 heterocycles. The van der Waals surface area contributed by atoms with Gasteiger partial charge in [0.25, 0.3) is 5.91 Å². The van der Waals surface area contributed by atoms with E-state index in [1.807, 2.05) is 48.5 Å². The average Bonchev–Trinajstić information content (AvgIpc) is 2.61. The molecule has 3 rings (SSSR count). The van der Waals surface area contributed by atoms with Gasteiger partial charge in [0.1, 0.15) is 5.75 Å². The van der Waals surface area contributed by atoms with Crippen molar-refractivity contribution in [1.82, 2.24) is 0 Å². The Hall–Kier alpha value is -2.08. The number of hydrogen-bond acceptors (Lipinski definition) is 2. The van der Waals surface area contributed by atoms with Gasteiger partial charge in [0, 0.05) is 9.26 Å². The minimum Gasteiger partial charge on any atom is -0.484 e. The van der Waals surface area contributed by atoms with E-state index in [0.29, 0.717) is 5.75 Å². The number of rotatable bonds is 5. The van der Waals surface area contributed by atoms with Crippen LogP contribution >= 0.6 is 22.6 Å². The van der Waals surface area contributed by atoms with Crippen LogP contribution in [0.4, 0.5) is 5.69 Å². The van der Waals surface area contributed by atoms with Gasteiger partial charge in [-0.05, 0) is 75.7 Å². The summed E-state index contributed by atoms with van der Waals surface area (Å²) in [6, 6.07) is 19.9. The number of nitrogens with one attached hydrogen (secondary N) is 1. The predicted molar refractivity (Wildman–Crippen MR) is 107 cm³/mol. The molecule has 0 spiro atoms. The zero-order chi connectivity index (χ0) is 16.9. The Balaban J connectivity index is 1.64. The van der Waals surface area contributed by atoms with Crippen LogP contribution in [0.25, 0.3) is 10.8 Å². The van der Waals surface area contributed by atoms with Crippen LogP contribution < -0.4 is 10.1 Å². The Morgan fingerprint density at radius 1 is 1.04 bits per heavy atom. The van der Waals surface area contributed by atoms with Crippen LogP contribution in [-0.2, 0) is 11.2 Å². The lowest BCUT2D eigenvalue weighted by atomic mass is 10.1. The van der Waals surface area contributed by atoms with Gasteiger partial charge in [0.05, 0.1) is 0 Å². The van der Waals surface area contributed by atoms with Gasteiger partial charge in [0.2, 0.25) is 0 Å². The summed E-state index contributed by atoms with van der Waals surface area (Å²) in [5, 5.41) is 5.18. The van der Waals surface area contributed by atoms with E-state index in [9.17, 15) is 4.79 Å². The normalized spacial score (nSPS) is 10.6. The van der Waals surface area contributed by atoms with Gasteiger partial charge in [-0.2, -0.15) is 0 Å². The fourth-order valence-corrected chi connectivity index (χ4v) is 3.12. The van der Waals surface area contributed by atoms with Crippen molar-refractivity contribution >= 4 is 45.0 Å². The van der Waals surface area contributed by atoms with Crippen molar-refractivity contribution in [3.63, 3.8) is 0 Å². The Bertz CT molecular complexity index is 876. The maximum atomic E-state index is 12.2. The van der Waals surface area contributed by atoms with Gasteiger partial charge in [-0.1, -0.05) is 37.3 Å². The predicted octanol–water partition coefficient (Wildman–Crippen LogP) is 5.02. The highest BCUT2D eigenvalue weighted by atomic mass is 127. The van der Waals surface area contributed by atoms with Crippen molar-refractivity contribution in [2.75, 3.05) is 11.9 Å². The third-order valence-electron chi connectivity index (χ3n) is 3.81. The molecule has 3 aromatic rings. The van der Waals surface area contributed by atoms with E-state index in [-0.39, 0.29) is 12.5 Å². The van der Waals surface area contributed by atoms with Crippen molar-refractivity contribution < 1.29 is 9.53 Å². The highest BCUT2D eigenvalue weighted by Crippen LogP contribution is 2.21. The molecule has 0 aromatic heterocycles. The van der Waals surface area contributed by atoms with Crippen LogP contribution in [0.15, 0.2) is 60.7 Å². The second-order valence-electron chi connectivity index (χ2n) is 5.50. The summed E-state index contributed by atoms with van der Waals surface area (Å²) in [6.45, 7) is 2.07. The summed E-state index contributed by atoms with van der Waals surface area (Å²) in [5.41, 5.74) is 1.98. The largest absolute Gasteiger partial charge is 0.484 e. The third-order valence-corrected chi connectivity index (χ3v) is 4.48. The molecule has 24 heavy (non-hydrogen) atoms. The number of fused-ring (bicyclic) bond motifs is 1. The number of aryl methyl sites for hydroxylation is 1. The highest BCUT2D eigenvalue weighted by Gasteiger charge is 2.08. The molecule has 122 valence electrons. The quantitative estimate of drug-likeness (QED) is 0.576. The first-order valence-electron chi connectivity index (χ1n) is 7.85. The molecule has 0 radical (unpaired) electrons. The smallest absolute Gasteiger partial charge is 0.262 e. The molecular formula is C20H18INO2. The number of benzene rings is 3.